The molecule has 0 spiro atoms. The first-order valence-electron chi connectivity index (χ1n) is 7.32. The molecule has 0 bridgehead atoms. The van der Waals surface area contributed by atoms with E-state index in [1.54, 1.807) is 6.92 Å². The maximum atomic E-state index is 11.4. The molecule has 0 fully saturated rings. The van der Waals surface area contributed by atoms with Crippen LogP contribution in [-0.4, -0.2) is 38.5 Å². The third-order valence-electron chi connectivity index (χ3n) is 3.10. The number of aliphatic hydroxyl groups is 1. The Hall–Kier alpha value is -1.14. The number of hydrogen-bond donors (Lipinski definition) is 2. The first kappa shape index (κ1) is 17.9. The second-order valence-electron chi connectivity index (χ2n) is 5.29. The third kappa shape index (κ3) is 5.63. The molecule has 0 saturated heterocycles. The summed E-state index contributed by atoms with van der Waals surface area (Å²) in [6, 6.07) is 0. The Labute approximate surface area is 130 Å². The number of aromatic nitrogens is 2. The SMILES string of the molecule is Cc1nc(C(C)C)nc(SCCCCCCO)c1C(=O)O. The smallest absolute Gasteiger partial charge is 0.340 e. The highest BCUT2D eigenvalue weighted by Gasteiger charge is 2.19. The fourth-order valence-corrected chi connectivity index (χ4v) is 2.99. The predicted octanol–water partition coefficient (Wildman–Crippen LogP) is 3.25. The Bertz CT molecular complexity index is 478. The van der Waals surface area contributed by atoms with Gasteiger partial charge in [0.2, 0.25) is 0 Å². The van der Waals surface area contributed by atoms with E-state index < -0.39 is 5.97 Å². The van der Waals surface area contributed by atoms with Crippen LogP contribution in [0, 0.1) is 6.92 Å². The minimum absolute atomic E-state index is 0.176. The summed E-state index contributed by atoms with van der Waals surface area (Å²) < 4.78 is 0. The van der Waals surface area contributed by atoms with Gasteiger partial charge in [0.25, 0.3) is 0 Å². The average molecular weight is 312 g/mol. The van der Waals surface area contributed by atoms with Crippen LogP contribution >= 0.6 is 11.8 Å². The molecule has 0 radical (unpaired) electrons. The fourth-order valence-electron chi connectivity index (χ4n) is 1.91. The van der Waals surface area contributed by atoms with E-state index in [1.165, 1.54) is 11.8 Å². The van der Waals surface area contributed by atoms with Crippen LogP contribution in [0.2, 0.25) is 0 Å². The van der Waals surface area contributed by atoms with E-state index in [9.17, 15) is 9.90 Å². The summed E-state index contributed by atoms with van der Waals surface area (Å²) in [4.78, 5) is 20.1. The van der Waals surface area contributed by atoms with Crippen LogP contribution in [0.1, 0.15) is 67.3 Å². The van der Waals surface area contributed by atoms with Gasteiger partial charge in [0.05, 0.1) is 5.69 Å². The minimum Gasteiger partial charge on any atom is -0.478 e. The van der Waals surface area contributed by atoms with Crippen LogP contribution in [0.3, 0.4) is 0 Å². The highest BCUT2D eigenvalue weighted by atomic mass is 32.2. The molecule has 0 saturated carbocycles. The van der Waals surface area contributed by atoms with Gasteiger partial charge in [-0.05, 0) is 25.5 Å². The molecule has 1 rings (SSSR count). The standard InChI is InChI=1S/C15H24N2O3S/c1-10(2)13-16-11(3)12(15(19)20)14(17-13)21-9-7-5-4-6-8-18/h10,18H,4-9H2,1-3H3,(H,19,20). The van der Waals surface area contributed by atoms with Gasteiger partial charge in [-0.1, -0.05) is 26.7 Å². The summed E-state index contributed by atoms with van der Waals surface area (Å²) in [5.41, 5.74) is 0.753. The van der Waals surface area contributed by atoms with E-state index in [1.807, 2.05) is 13.8 Å². The van der Waals surface area contributed by atoms with E-state index >= 15 is 0 Å². The van der Waals surface area contributed by atoms with Crippen LogP contribution in [0.5, 0.6) is 0 Å². The molecule has 0 aromatic carbocycles. The number of carbonyl (C=O) groups is 1. The van der Waals surface area contributed by atoms with Crippen molar-refractivity contribution in [3.8, 4) is 0 Å². The first-order chi connectivity index (χ1) is 9.97. The Morgan fingerprint density at radius 3 is 2.43 bits per heavy atom. The van der Waals surface area contributed by atoms with Gasteiger partial charge in [-0.15, -0.1) is 11.8 Å². The number of carboxylic acids is 1. The molecule has 118 valence electrons. The van der Waals surface area contributed by atoms with Crippen molar-refractivity contribution in [1.29, 1.82) is 0 Å². The zero-order valence-corrected chi connectivity index (χ0v) is 13.7. The summed E-state index contributed by atoms with van der Waals surface area (Å²) in [6.45, 7) is 5.96. The van der Waals surface area contributed by atoms with Crippen molar-refractivity contribution >= 4 is 17.7 Å². The second-order valence-corrected chi connectivity index (χ2v) is 6.38. The molecule has 6 heteroatoms. The lowest BCUT2D eigenvalue weighted by atomic mass is 10.2. The molecule has 1 heterocycles. The van der Waals surface area contributed by atoms with Crippen molar-refractivity contribution in [2.45, 2.75) is 57.4 Å². The highest BCUT2D eigenvalue weighted by Crippen LogP contribution is 2.26. The lowest BCUT2D eigenvalue weighted by Crippen LogP contribution is -2.10. The molecule has 0 aliphatic heterocycles. The number of aliphatic hydroxyl groups excluding tert-OH is 1. The average Bonchev–Trinajstić information content (AvgIpc) is 2.41. The Morgan fingerprint density at radius 2 is 1.86 bits per heavy atom. The van der Waals surface area contributed by atoms with Gasteiger partial charge in [-0.25, -0.2) is 14.8 Å². The van der Waals surface area contributed by atoms with Crippen molar-refractivity contribution in [1.82, 2.24) is 9.97 Å². The fraction of sp³-hybridized carbons (Fsp3) is 0.667. The summed E-state index contributed by atoms with van der Waals surface area (Å²) in [7, 11) is 0. The monoisotopic (exact) mass is 312 g/mol. The van der Waals surface area contributed by atoms with Gasteiger partial charge in [-0.2, -0.15) is 0 Å². The predicted molar refractivity (Wildman–Crippen MR) is 84.1 cm³/mol. The lowest BCUT2D eigenvalue weighted by Gasteiger charge is -2.11. The number of thioether (sulfide) groups is 1. The van der Waals surface area contributed by atoms with E-state index in [-0.39, 0.29) is 18.1 Å². The number of aryl methyl sites for hydroxylation is 1. The molecular formula is C15H24N2O3S. The normalized spacial score (nSPS) is 11.1. The Morgan fingerprint density at radius 1 is 1.19 bits per heavy atom. The molecule has 0 aliphatic carbocycles. The minimum atomic E-state index is -0.967. The largest absolute Gasteiger partial charge is 0.478 e. The molecule has 21 heavy (non-hydrogen) atoms. The number of hydrogen-bond acceptors (Lipinski definition) is 5. The van der Waals surface area contributed by atoms with Crippen molar-refractivity contribution in [3.63, 3.8) is 0 Å². The Balaban J connectivity index is 2.76. The van der Waals surface area contributed by atoms with Crippen LogP contribution in [0.25, 0.3) is 0 Å². The van der Waals surface area contributed by atoms with Gasteiger partial charge >= 0.3 is 5.97 Å². The topological polar surface area (TPSA) is 83.3 Å². The van der Waals surface area contributed by atoms with Gasteiger partial charge < -0.3 is 10.2 Å². The quantitative estimate of drug-likeness (QED) is 0.414. The van der Waals surface area contributed by atoms with Crippen molar-refractivity contribution in [3.05, 3.63) is 17.1 Å². The number of rotatable bonds is 9. The van der Waals surface area contributed by atoms with Crippen molar-refractivity contribution < 1.29 is 15.0 Å². The van der Waals surface area contributed by atoms with Gasteiger partial charge in [-0.3, -0.25) is 0 Å². The summed E-state index contributed by atoms with van der Waals surface area (Å²) in [5, 5.41) is 18.6. The lowest BCUT2D eigenvalue weighted by molar-refractivity contribution is 0.0690. The van der Waals surface area contributed by atoms with Gasteiger partial charge in [0, 0.05) is 12.5 Å². The number of nitrogens with zero attached hydrogens (tertiary/aromatic N) is 2. The molecule has 0 atom stereocenters. The number of aromatic carboxylic acids is 1. The van der Waals surface area contributed by atoms with Gasteiger partial charge in [0.1, 0.15) is 16.4 Å². The molecule has 1 aromatic heterocycles. The number of carboxylic acid groups (broad SMARTS) is 1. The molecular weight excluding hydrogens is 288 g/mol. The van der Waals surface area contributed by atoms with Crippen LogP contribution in [0.4, 0.5) is 0 Å². The number of unbranched alkanes of at least 4 members (excludes halogenated alkanes) is 3. The third-order valence-corrected chi connectivity index (χ3v) is 4.16. The maximum Gasteiger partial charge on any atom is 0.340 e. The van der Waals surface area contributed by atoms with Crippen molar-refractivity contribution in [2.24, 2.45) is 0 Å². The summed E-state index contributed by atoms with van der Waals surface area (Å²) in [6.07, 6.45) is 3.86. The van der Waals surface area contributed by atoms with Crippen molar-refractivity contribution in [2.75, 3.05) is 12.4 Å². The zero-order chi connectivity index (χ0) is 15.8. The summed E-state index contributed by atoms with van der Waals surface area (Å²) in [5.74, 6) is 0.737. The molecule has 5 nitrogen and oxygen atoms in total. The molecule has 1 aromatic rings. The first-order valence-corrected chi connectivity index (χ1v) is 8.31. The van der Waals surface area contributed by atoms with Gasteiger partial charge in [0.15, 0.2) is 0 Å². The van der Waals surface area contributed by atoms with E-state index in [2.05, 4.69) is 9.97 Å². The molecule has 0 unspecified atom stereocenters. The molecule has 0 aliphatic rings. The Kier molecular flexibility index (Phi) is 7.67. The van der Waals surface area contributed by atoms with Crippen LogP contribution in [0.15, 0.2) is 5.03 Å². The van der Waals surface area contributed by atoms with E-state index in [0.29, 0.717) is 16.5 Å². The van der Waals surface area contributed by atoms with Crippen LogP contribution < -0.4 is 0 Å². The zero-order valence-electron chi connectivity index (χ0n) is 12.9. The van der Waals surface area contributed by atoms with E-state index in [4.69, 9.17) is 5.11 Å². The summed E-state index contributed by atoms with van der Waals surface area (Å²) >= 11 is 1.48. The molecule has 2 N–H and O–H groups in total. The highest BCUT2D eigenvalue weighted by molar-refractivity contribution is 7.99. The maximum absolute atomic E-state index is 11.4. The second kappa shape index (κ2) is 9.00. The molecule has 0 amide bonds. The van der Waals surface area contributed by atoms with E-state index in [0.717, 1.165) is 31.4 Å². The van der Waals surface area contributed by atoms with Crippen LogP contribution in [-0.2, 0) is 0 Å².